The summed E-state index contributed by atoms with van der Waals surface area (Å²) < 4.78 is 0. The number of nitrogens with one attached hydrogen (secondary N) is 2. The highest BCUT2D eigenvalue weighted by Crippen LogP contribution is 2.31. The third kappa shape index (κ3) is 2.83. The maximum absolute atomic E-state index is 12.1. The van der Waals surface area contributed by atoms with E-state index >= 15 is 0 Å². The van der Waals surface area contributed by atoms with E-state index in [0.717, 1.165) is 12.0 Å². The number of amides is 1. The minimum atomic E-state index is -0.484. The molecule has 100 valence electrons. The molecule has 2 rings (SSSR count). The van der Waals surface area contributed by atoms with Crippen LogP contribution in [-0.2, 0) is 6.42 Å². The number of carbonyl (C=O) groups is 1. The van der Waals surface area contributed by atoms with Crippen LogP contribution in [0.3, 0.4) is 0 Å². The summed E-state index contributed by atoms with van der Waals surface area (Å²) in [6.07, 6.45) is 3.65. The van der Waals surface area contributed by atoms with Gasteiger partial charge < -0.3 is 5.32 Å². The number of aromatic amines is 1. The maximum Gasteiger partial charge on any atom is 0.277 e. The van der Waals surface area contributed by atoms with Gasteiger partial charge in [-0.25, -0.2) is 4.98 Å². The quantitative estimate of drug-likeness (QED) is 0.908. The van der Waals surface area contributed by atoms with E-state index in [0.29, 0.717) is 5.82 Å². The molecular formula is C11H9Cl3N4O. The third-order valence-electron chi connectivity index (χ3n) is 2.47. The minimum absolute atomic E-state index is 0.00715. The third-order valence-corrected chi connectivity index (χ3v) is 3.71. The summed E-state index contributed by atoms with van der Waals surface area (Å²) >= 11 is 17.6. The standard InChI is InChI=1S/C11H9Cl3N4O/c1-2-5-3-16-18-10(5)17-11(19)9-8(14)7(13)6(12)4-15-9/h3-4H,2H2,1H3,(H2,16,17,18,19). The molecular weight excluding hydrogens is 311 g/mol. The SMILES string of the molecule is CCc1cn[nH]c1NC(=O)c1ncc(Cl)c(Cl)c1Cl. The van der Waals surface area contributed by atoms with Crippen molar-refractivity contribution in [1.82, 2.24) is 15.2 Å². The lowest BCUT2D eigenvalue weighted by atomic mass is 10.2. The summed E-state index contributed by atoms with van der Waals surface area (Å²) in [4.78, 5) is 15.9. The fraction of sp³-hybridized carbons (Fsp3) is 0.182. The lowest BCUT2D eigenvalue weighted by Crippen LogP contribution is -2.15. The number of aromatic nitrogens is 3. The molecule has 0 saturated heterocycles. The Morgan fingerprint density at radius 1 is 1.32 bits per heavy atom. The van der Waals surface area contributed by atoms with Gasteiger partial charge in [-0.05, 0) is 6.42 Å². The molecule has 0 spiro atoms. The average molecular weight is 320 g/mol. The zero-order valence-corrected chi connectivity index (χ0v) is 12.1. The van der Waals surface area contributed by atoms with Crippen molar-refractivity contribution in [2.75, 3.05) is 5.32 Å². The Hall–Kier alpha value is -1.30. The first-order chi connectivity index (χ1) is 9.04. The van der Waals surface area contributed by atoms with Gasteiger partial charge in [0.2, 0.25) is 0 Å². The van der Waals surface area contributed by atoms with Gasteiger partial charge in [0.05, 0.1) is 21.3 Å². The van der Waals surface area contributed by atoms with Crippen molar-refractivity contribution in [1.29, 1.82) is 0 Å². The zero-order valence-electron chi connectivity index (χ0n) is 9.80. The van der Waals surface area contributed by atoms with Crippen molar-refractivity contribution in [2.24, 2.45) is 0 Å². The van der Waals surface area contributed by atoms with Gasteiger partial charge in [0, 0.05) is 11.8 Å². The van der Waals surface area contributed by atoms with Crippen LogP contribution in [0.2, 0.25) is 15.1 Å². The minimum Gasteiger partial charge on any atom is -0.305 e. The maximum atomic E-state index is 12.1. The lowest BCUT2D eigenvalue weighted by Gasteiger charge is -2.07. The number of hydrogen-bond acceptors (Lipinski definition) is 3. The molecule has 0 aromatic carbocycles. The van der Waals surface area contributed by atoms with Gasteiger partial charge in [0.25, 0.3) is 5.91 Å². The summed E-state index contributed by atoms with van der Waals surface area (Å²) in [7, 11) is 0. The van der Waals surface area contributed by atoms with E-state index in [9.17, 15) is 4.79 Å². The highest BCUT2D eigenvalue weighted by molar-refractivity contribution is 6.49. The van der Waals surface area contributed by atoms with Crippen LogP contribution in [0.4, 0.5) is 5.82 Å². The van der Waals surface area contributed by atoms with E-state index in [1.165, 1.54) is 6.20 Å². The molecule has 0 atom stereocenters. The second-order valence-corrected chi connectivity index (χ2v) is 4.82. The molecule has 0 unspecified atom stereocenters. The molecule has 2 N–H and O–H groups in total. The molecule has 0 fully saturated rings. The number of nitrogens with zero attached hydrogens (tertiary/aromatic N) is 2. The summed E-state index contributed by atoms with van der Waals surface area (Å²) in [6.45, 7) is 1.95. The van der Waals surface area contributed by atoms with Gasteiger partial charge in [-0.1, -0.05) is 41.7 Å². The molecule has 2 aromatic heterocycles. The predicted octanol–water partition coefficient (Wildman–Crippen LogP) is 3.58. The van der Waals surface area contributed by atoms with E-state index in [1.807, 2.05) is 6.92 Å². The Morgan fingerprint density at radius 3 is 2.74 bits per heavy atom. The topological polar surface area (TPSA) is 70.7 Å². The summed E-state index contributed by atoms with van der Waals surface area (Å²) in [5.41, 5.74) is 0.886. The van der Waals surface area contributed by atoms with Crippen LogP contribution in [0.15, 0.2) is 12.4 Å². The molecule has 8 heteroatoms. The average Bonchev–Trinajstić information content (AvgIpc) is 2.83. The smallest absolute Gasteiger partial charge is 0.277 e. The fourth-order valence-electron chi connectivity index (χ4n) is 1.46. The first-order valence-electron chi connectivity index (χ1n) is 5.37. The molecule has 0 aliphatic carbocycles. The van der Waals surface area contributed by atoms with Gasteiger partial charge in [0.15, 0.2) is 0 Å². The first-order valence-corrected chi connectivity index (χ1v) is 6.51. The summed E-state index contributed by atoms with van der Waals surface area (Å²) in [5, 5.41) is 9.50. The number of pyridine rings is 1. The second kappa shape index (κ2) is 5.77. The number of H-pyrrole nitrogens is 1. The molecule has 5 nitrogen and oxygen atoms in total. The van der Waals surface area contributed by atoms with E-state index in [1.54, 1.807) is 6.20 Å². The Labute approximate surface area is 124 Å². The van der Waals surface area contributed by atoms with Crippen LogP contribution in [0, 0.1) is 0 Å². The van der Waals surface area contributed by atoms with Gasteiger partial charge in [-0.15, -0.1) is 0 Å². The molecule has 19 heavy (non-hydrogen) atoms. The van der Waals surface area contributed by atoms with Gasteiger partial charge >= 0.3 is 0 Å². The van der Waals surface area contributed by atoms with E-state index in [2.05, 4.69) is 20.5 Å². The number of halogens is 3. The number of aryl methyl sites for hydroxylation is 1. The number of anilines is 1. The number of carbonyl (C=O) groups excluding carboxylic acids is 1. The molecule has 2 heterocycles. The van der Waals surface area contributed by atoms with Crippen molar-refractivity contribution in [2.45, 2.75) is 13.3 Å². The molecule has 2 aromatic rings. The first kappa shape index (κ1) is 14.1. The summed E-state index contributed by atoms with van der Waals surface area (Å²) in [5.74, 6) is 0.0268. The Kier molecular flexibility index (Phi) is 4.29. The fourth-order valence-corrected chi connectivity index (χ4v) is 2.03. The van der Waals surface area contributed by atoms with E-state index in [4.69, 9.17) is 34.8 Å². The Bertz CT molecular complexity index is 626. The molecule has 0 bridgehead atoms. The molecule has 0 aliphatic heterocycles. The van der Waals surface area contributed by atoms with Gasteiger partial charge in [0.1, 0.15) is 11.5 Å². The van der Waals surface area contributed by atoms with Crippen molar-refractivity contribution in [3.05, 3.63) is 38.7 Å². The normalized spacial score (nSPS) is 10.5. The number of hydrogen-bond donors (Lipinski definition) is 2. The number of rotatable bonds is 3. The van der Waals surface area contributed by atoms with Crippen LogP contribution in [0.5, 0.6) is 0 Å². The Morgan fingerprint density at radius 2 is 2.05 bits per heavy atom. The van der Waals surface area contributed by atoms with Crippen molar-refractivity contribution < 1.29 is 4.79 Å². The van der Waals surface area contributed by atoms with Crippen molar-refractivity contribution in [3.63, 3.8) is 0 Å². The second-order valence-electron chi connectivity index (χ2n) is 3.66. The highest BCUT2D eigenvalue weighted by atomic mass is 35.5. The predicted molar refractivity (Wildman–Crippen MR) is 75.2 cm³/mol. The van der Waals surface area contributed by atoms with Gasteiger partial charge in [-0.2, -0.15) is 5.10 Å². The van der Waals surface area contributed by atoms with Crippen LogP contribution in [0.1, 0.15) is 23.0 Å². The van der Waals surface area contributed by atoms with Crippen LogP contribution in [-0.4, -0.2) is 21.1 Å². The van der Waals surface area contributed by atoms with Crippen molar-refractivity contribution in [3.8, 4) is 0 Å². The largest absolute Gasteiger partial charge is 0.305 e. The van der Waals surface area contributed by atoms with Crippen LogP contribution < -0.4 is 5.32 Å². The summed E-state index contributed by atoms with van der Waals surface area (Å²) in [6, 6.07) is 0. The molecule has 1 amide bonds. The van der Waals surface area contributed by atoms with Crippen LogP contribution >= 0.6 is 34.8 Å². The molecule has 0 aliphatic rings. The van der Waals surface area contributed by atoms with Crippen LogP contribution in [0.25, 0.3) is 0 Å². The van der Waals surface area contributed by atoms with E-state index in [-0.39, 0.29) is 20.8 Å². The lowest BCUT2D eigenvalue weighted by molar-refractivity contribution is 0.102. The zero-order chi connectivity index (χ0) is 14.0. The monoisotopic (exact) mass is 318 g/mol. The van der Waals surface area contributed by atoms with Crippen molar-refractivity contribution >= 4 is 46.5 Å². The highest BCUT2D eigenvalue weighted by Gasteiger charge is 2.18. The Balaban J connectivity index is 2.28. The molecule has 0 saturated carbocycles. The van der Waals surface area contributed by atoms with Gasteiger partial charge in [-0.3, -0.25) is 9.89 Å². The van der Waals surface area contributed by atoms with E-state index < -0.39 is 5.91 Å². The molecule has 0 radical (unpaired) electrons.